The molecular weight excluding hydrogens is 430 g/mol. The van der Waals surface area contributed by atoms with Crippen molar-refractivity contribution in [3.8, 4) is 0 Å². The number of hydrogen-bond donors (Lipinski definition) is 4. The molecule has 1 aromatic rings. The van der Waals surface area contributed by atoms with Crippen LogP contribution in [0.5, 0.6) is 0 Å². The van der Waals surface area contributed by atoms with Crippen molar-refractivity contribution in [2.45, 2.75) is 30.7 Å². The summed E-state index contributed by atoms with van der Waals surface area (Å²) in [6, 6.07) is 6.82. The Morgan fingerprint density at radius 2 is 1.61 bits per heavy atom. The Morgan fingerprint density at radius 1 is 1.00 bits per heavy atom. The fraction of sp³-hybridized carbons (Fsp3) is 0.522. The fourth-order valence-corrected chi connectivity index (χ4v) is 5.81. The first kappa shape index (κ1) is 23.5. The first-order chi connectivity index (χ1) is 15.3. The molecule has 0 saturated heterocycles. The number of aliphatic hydroxyl groups is 4. The molecule has 0 radical (unpaired) electrons. The topological polar surface area (TPSA) is 142 Å². The third kappa shape index (κ3) is 3.17. The Kier molecular flexibility index (Phi) is 5.50. The number of carbonyl (C=O) groups is 3. The molecule has 0 heterocycles. The molecule has 1 aromatic carbocycles. The zero-order chi connectivity index (χ0) is 24.5. The van der Waals surface area contributed by atoms with E-state index in [1.807, 2.05) is 0 Å². The molecule has 10 heteroatoms. The van der Waals surface area contributed by atoms with Gasteiger partial charge >= 0.3 is 0 Å². The molecule has 3 aliphatic rings. The second-order valence-electron chi connectivity index (χ2n) is 9.53. The van der Waals surface area contributed by atoms with Crippen molar-refractivity contribution in [2.24, 2.45) is 17.8 Å². The van der Waals surface area contributed by atoms with E-state index >= 15 is 0 Å². The van der Waals surface area contributed by atoms with Gasteiger partial charge in [0.15, 0.2) is 11.4 Å². The summed E-state index contributed by atoms with van der Waals surface area (Å²) in [6.45, 7) is 0. The Bertz CT molecular complexity index is 1060. The standard InChI is InChI=1S/C23H29N3O7/c1-24(2)26(25(3)4)21(30)17-16(27)11-14-10-13-9-12-7-5-6-8-15(12)19(28)18(13)23(32,33)22(14,31)20(17)29/h5-8,13-14,18,27,31-33H,9-11H2,1-4H3. The number of hydrazine groups is 2. The lowest BCUT2D eigenvalue weighted by molar-refractivity contribution is -0.320. The van der Waals surface area contributed by atoms with Gasteiger partial charge in [0.2, 0.25) is 11.6 Å². The molecule has 0 aromatic heterocycles. The molecule has 1 amide bonds. The van der Waals surface area contributed by atoms with Crippen LogP contribution in [0.15, 0.2) is 35.6 Å². The Morgan fingerprint density at radius 3 is 2.21 bits per heavy atom. The molecule has 10 nitrogen and oxygen atoms in total. The van der Waals surface area contributed by atoms with Gasteiger partial charge in [0.05, 0.1) is 5.92 Å². The number of aliphatic hydroxyl groups excluding tert-OH is 1. The Hall–Kier alpha value is -2.63. The molecule has 0 spiro atoms. The molecule has 178 valence electrons. The summed E-state index contributed by atoms with van der Waals surface area (Å²) in [7, 11) is 6.19. The summed E-state index contributed by atoms with van der Waals surface area (Å²) < 4.78 is 0. The minimum absolute atomic E-state index is 0.104. The summed E-state index contributed by atoms with van der Waals surface area (Å²) >= 11 is 0. The van der Waals surface area contributed by atoms with Crippen molar-refractivity contribution in [1.29, 1.82) is 0 Å². The summed E-state index contributed by atoms with van der Waals surface area (Å²) in [5.41, 5.74) is -2.49. The van der Waals surface area contributed by atoms with E-state index < -0.39 is 57.9 Å². The van der Waals surface area contributed by atoms with Crippen LogP contribution >= 0.6 is 0 Å². The van der Waals surface area contributed by atoms with Gasteiger partial charge in [-0.1, -0.05) is 24.3 Å². The molecule has 4 unspecified atom stereocenters. The van der Waals surface area contributed by atoms with Crippen LogP contribution in [0.2, 0.25) is 0 Å². The third-order valence-corrected chi connectivity index (χ3v) is 7.15. The molecule has 1 saturated carbocycles. The van der Waals surface area contributed by atoms with E-state index in [2.05, 4.69) is 0 Å². The molecule has 4 rings (SSSR count). The average Bonchev–Trinajstić information content (AvgIpc) is 2.70. The average molecular weight is 459 g/mol. The summed E-state index contributed by atoms with van der Waals surface area (Å²) in [4.78, 5) is 40.0. The van der Waals surface area contributed by atoms with Crippen LogP contribution in [-0.2, 0) is 16.0 Å². The van der Waals surface area contributed by atoms with Crippen LogP contribution in [-0.4, -0.2) is 92.6 Å². The Labute approximate surface area is 191 Å². The van der Waals surface area contributed by atoms with E-state index in [1.165, 1.54) is 10.0 Å². The number of fused-ring (bicyclic) bond motifs is 3. The van der Waals surface area contributed by atoms with Gasteiger partial charge in [0.25, 0.3) is 5.91 Å². The van der Waals surface area contributed by atoms with Gasteiger partial charge in [0.1, 0.15) is 11.3 Å². The van der Waals surface area contributed by atoms with Crippen molar-refractivity contribution in [3.05, 3.63) is 46.7 Å². The van der Waals surface area contributed by atoms with E-state index in [0.29, 0.717) is 12.0 Å². The van der Waals surface area contributed by atoms with Crippen LogP contribution in [0.1, 0.15) is 28.8 Å². The maximum absolute atomic E-state index is 13.5. The lowest BCUT2D eigenvalue weighted by Crippen LogP contribution is -2.74. The molecule has 4 atom stereocenters. The molecule has 3 aliphatic carbocycles. The van der Waals surface area contributed by atoms with Crippen molar-refractivity contribution in [1.82, 2.24) is 15.1 Å². The lowest BCUT2D eigenvalue weighted by atomic mass is 9.53. The predicted octanol–water partition coefficient (Wildman–Crippen LogP) is -0.344. The number of allylic oxidation sites excluding steroid dienone is 1. The van der Waals surface area contributed by atoms with Crippen LogP contribution < -0.4 is 0 Å². The minimum Gasteiger partial charge on any atom is -0.511 e. The maximum atomic E-state index is 13.5. The molecular formula is C23H29N3O7. The van der Waals surface area contributed by atoms with Gasteiger partial charge in [-0.05, 0) is 24.3 Å². The van der Waals surface area contributed by atoms with Crippen molar-refractivity contribution in [2.75, 3.05) is 28.2 Å². The number of hydrogen-bond acceptors (Lipinski definition) is 9. The van der Waals surface area contributed by atoms with E-state index in [1.54, 1.807) is 52.5 Å². The summed E-state index contributed by atoms with van der Waals surface area (Å²) in [6.07, 6.45) is 0.161. The highest BCUT2D eigenvalue weighted by atomic mass is 16.5. The van der Waals surface area contributed by atoms with Gasteiger partial charge < -0.3 is 20.4 Å². The first-order valence-electron chi connectivity index (χ1n) is 10.8. The van der Waals surface area contributed by atoms with E-state index in [9.17, 15) is 34.8 Å². The zero-order valence-electron chi connectivity index (χ0n) is 19.0. The smallest absolute Gasteiger partial charge is 0.290 e. The SMILES string of the molecule is CN(C)N(C(=O)C1=C(O)CC2CC3Cc4ccccc4C(=O)C3C(O)(O)C2(O)C1=O)N(C)C. The second kappa shape index (κ2) is 7.71. The number of amides is 1. The fourth-order valence-electron chi connectivity index (χ4n) is 5.81. The lowest BCUT2D eigenvalue weighted by Gasteiger charge is -2.56. The van der Waals surface area contributed by atoms with Crippen molar-refractivity contribution in [3.63, 3.8) is 0 Å². The third-order valence-electron chi connectivity index (χ3n) is 7.15. The van der Waals surface area contributed by atoms with Gasteiger partial charge in [-0.25, -0.2) is 10.0 Å². The largest absolute Gasteiger partial charge is 0.511 e. The highest BCUT2D eigenvalue weighted by Gasteiger charge is 2.71. The normalized spacial score (nSPS) is 30.8. The molecule has 4 N–H and O–H groups in total. The van der Waals surface area contributed by atoms with Gasteiger partial charge in [0, 0.05) is 46.1 Å². The summed E-state index contributed by atoms with van der Waals surface area (Å²) in [5, 5.41) is 48.5. The highest BCUT2D eigenvalue weighted by molar-refractivity contribution is 6.23. The zero-order valence-corrected chi connectivity index (χ0v) is 19.0. The molecule has 0 aliphatic heterocycles. The van der Waals surface area contributed by atoms with Gasteiger partial charge in [-0.3, -0.25) is 14.4 Å². The van der Waals surface area contributed by atoms with Crippen molar-refractivity contribution < 1.29 is 34.8 Å². The quantitative estimate of drug-likeness (QED) is 0.271. The number of ketones is 2. The predicted molar refractivity (Wildman–Crippen MR) is 115 cm³/mol. The van der Waals surface area contributed by atoms with Crippen LogP contribution in [0.3, 0.4) is 0 Å². The van der Waals surface area contributed by atoms with E-state index in [-0.39, 0.29) is 12.8 Å². The second-order valence-corrected chi connectivity index (χ2v) is 9.53. The maximum Gasteiger partial charge on any atom is 0.290 e. The van der Waals surface area contributed by atoms with Gasteiger partial charge in [-0.2, -0.15) is 5.12 Å². The van der Waals surface area contributed by atoms with Crippen LogP contribution in [0, 0.1) is 17.8 Å². The Balaban J connectivity index is 1.80. The number of benzene rings is 1. The first-order valence-corrected chi connectivity index (χ1v) is 10.8. The van der Waals surface area contributed by atoms with Crippen LogP contribution in [0.25, 0.3) is 0 Å². The van der Waals surface area contributed by atoms with Crippen LogP contribution in [0.4, 0.5) is 0 Å². The number of rotatable bonds is 3. The van der Waals surface area contributed by atoms with E-state index in [4.69, 9.17) is 0 Å². The summed E-state index contributed by atoms with van der Waals surface area (Å²) in [5.74, 6) is -9.54. The van der Waals surface area contributed by atoms with E-state index in [0.717, 1.165) is 10.7 Å². The highest BCUT2D eigenvalue weighted by Crippen LogP contribution is 2.55. The number of nitrogens with zero attached hydrogens (tertiary/aromatic N) is 3. The van der Waals surface area contributed by atoms with Crippen molar-refractivity contribution >= 4 is 17.5 Å². The minimum atomic E-state index is -3.13. The van der Waals surface area contributed by atoms with Gasteiger partial charge in [-0.15, -0.1) is 0 Å². The number of Topliss-reactive ketones (excluding diaryl/α,β-unsaturated/α-hetero) is 2. The molecule has 1 fully saturated rings. The monoisotopic (exact) mass is 459 g/mol. The molecule has 33 heavy (non-hydrogen) atoms. The molecule has 0 bridgehead atoms. The number of carbonyl (C=O) groups excluding carboxylic acids is 3.